The van der Waals surface area contributed by atoms with Crippen molar-refractivity contribution >= 4 is 6.03 Å². The molecule has 1 aromatic heterocycles. The minimum Gasteiger partial charge on any atom is -0.359 e. The van der Waals surface area contributed by atoms with E-state index in [0.29, 0.717) is 12.3 Å². The standard InChI is InChI=1S/C12H21N3O2/c1-4-6-9(3)14-12(16)13-8-11-7-10(5-2)15-17-11/h7,9H,4-6,8H2,1-3H3,(H2,13,14,16). The first kappa shape index (κ1) is 13.5. The van der Waals surface area contributed by atoms with Crippen molar-refractivity contribution in [3.8, 4) is 0 Å². The largest absolute Gasteiger partial charge is 0.359 e. The van der Waals surface area contributed by atoms with Crippen molar-refractivity contribution in [2.45, 2.75) is 52.6 Å². The number of rotatable bonds is 6. The summed E-state index contributed by atoms with van der Waals surface area (Å²) in [6.45, 7) is 6.47. The predicted molar refractivity (Wildman–Crippen MR) is 65.6 cm³/mol. The minimum absolute atomic E-state index is 0.166. The average Bonchev–Trinajstić information content (AvgIpc) is 2.74. The van der Waals surface area contributed by atoms with Crippen LogP contribution >= 0.6 is 0 Å². The SMILES string of the molecule is CCCC(C)NC(=O)NCc1cc(CC)no1. The number of nitrogens with one attached hydrogen (secondary N) is 2. The maximum absolute atomic E-state index is 11.5. The topological polar surface area (TPSA) is 67.2 Å². The summed E-state index contributed by atoms with van der Waals surface area (Å²) < 4.78 is 5.07. The highest BCUT2D eigenvalue weighted by atomic mass is 16.5. The van der Waals surface area contributed by atoms with Crippen molar-refractivity contribution in [1.82, 2.24) is 15.8 Å². The summed E-state index contributed by atoms with van der Waals surface area (Å²) in [6.07, 6.45) is 2.88. The molecule has 0 saturated heterocycles. The molecule has 0 spiro atoms. The Hall–Kier alpha value is -1.52. The highest BCUT2D eigenvalue weighted by Crippen LogP contribution is 2.03. The van der Waals surface area contributed by atoms with Crippen LogP contribution in [0.5, 0.6) is 0 Å². The van der Waals surface area contributed by atoms with Crippen LogP contribution in [0.3, 0.4) is 0 Å². The van der Waals surface area contributed by atoms with Crippen LogP contribution in [0.15, 0.2) is 10.6 Å². The molecule has 0 bridgehead atoms. The lowest BCUT2D eigenvalue weighted by molar-refractivity contribution is 0.235. The van der Waals surface area contributed by atoms with Crippen LogP contribution in [0.25, 0.3) is 0 Å². The number of carbonyl (C=O) groups is 1. The predicted octanol–water partition coefficient (Wildman–Crippen LogP) is 2.22. The lowest BCUT2D eigenvalue weighted by atomic mass is 10.2. The number of urea groups is 1. The first-order valence-electron chi connectivity index (χ1n) is 6.14. The number of aryl methyl sites for hydroxylation is 1. The number of amides is 2. The van der Waals surface area contributed by atoms with Crippen LogP contribution < -0.4 is 10.6 Å². The van der Waals surface area contributed by atoms with Gasteiger partial charge in [0.05, 0.1) is 12.2 Å². The average molecular weight is 239 g/mol. The molecular weight excluding hydrogens is 218 g/mol. The molecular formula is C12H21N3O2. The van der Waals surface area contributed by atoms with Gasteiger partial charge in [-0.3, -0.25) is 0 Å². The smallest absolute Gasteiger partial charge is 0.315 e. The van der Waals surface area contributed by atoms with E-state index in [9.17, 15) is 4.79 Å². The molecule has 1 heterocycles. The maximum Gasteiger partial charge on any atom is 0.315 e. The first-order valence-corrected chi connectivity index (χ1v) is 6.14. The molecule has 1 rings (SSSR count). The van der Waals surface area contributed by atoms with Crippen molar-refractivity contribution in [2.75, 3.05) is 0 Å². The molecule has 5 heteroatoms. The maximum atomic E-state index is 11.5. The third-order valence-electron chi connectivity index (χ3n) is 2.49. The van der Waals surface area contributed by atoms with Gasteiger partial charge in [0.25, 0.3) is 0 Å². The van der Waals surface area contributed by atoms with E-state index in [2.05, 4.69) is 22.7 Å². The van der Waals surface area contributed by atoms with Gasteiger partial charge in [0.1, 0.15) is 0 Å². The van der Waals surface area contributed by atoms with E-state index >= 15 is 0 Å². The Morgan fingerprint density at radius 1 is 1.53 bits per heavy atom. The van der Waals surface area contributed by atoms with Crippen LogP contribution in [-0.4, -0.2) is 17.2 Å². The lowest BCUT2D eigenvalue weighted by Crippen LogP contribution is -2.40. The second kappa shape index (κ2) is 6.93. The molecule has 1 unspecified atom stereocenters. The Bertz CT molecular complexity index is 349. The zero-order chi connectivity index (χ0) is 12.7. The Labute approximate surface area is 102 Å². The third kappa shape index (κ3) is 4.89. The van der Waals surface area contributed by atoms with Crippen molar-refractivity contribution in [1.29, 1.82) is 0 Å². The summed E-state index contributed by atoms with van der Waals surface area (Å²) in [6, 6.07) is 1.89. The molecule has 2 amide bonds. The van der Waals surface area contributed by atoms with Gasteiger partial charge >= 0.3 is 6.03 Å². The van der Waals surface area contributed by atoms with E-state index in [-0.39, 0.29) is 12.1 Å². The molecule has 0 aliphatic heterocycles. The normalized spacial score (nSPS) is 12.2. The quantitative estimate of drug-likeness (QED) is 0.800. The molecule has 5 nitrogen and oxygen atoms in total. The van der Waals surface area contributed by atoms with E-state index in [1.807, 2.05) is 19.9 Å². The molecule has 0 saturated carbocycles. The number of hydrogen-bond acceptors (Lipinski definition) is 3. The second-order valence-electron chi connectivity index (χ2n) is 4.15. The number of hydrogen-bond donors (Lipinski definition) is 2. The zero-order valence-corrected chi connectivity index (χ0v) is 10.7. The van der Waals surface area contributed by atoms with Crippen LogP contribution in [0.4, 0.5) is 4.79 Å². The summed E-state index contributed by atoms with van der Waals surface area (Å²) in [5, 5.41) is 9.46. The fourth-order valence-corrected chi connectivity index (χ4v) is 1.55. The van der Waals surface area contributed by atoms with Crippen molar-refractivity contribution < 1.29 is 9.32 Å². The van der Waals surface area contributed by atoms with Crippen molar-refractivity contribution in [3.63, 3.8) is 0 Å². The van der Waals surface area contributed by atoms with Crippen LogP contribution in [0, 0.1) is 0 Å². The summed E-state index contributed by atoms with van der Waals surface area (Å²) in [5.74, 6) is 0.681. The highest BCUT2D eigenvalue weighted by Gasteiger charge is 2.07. The molecule has 2 N–H and O–H groups in total. The summed E-state index contributed by atoms with van der Waals surface area (Å²) >= 11 is 0. The van der Waals surface area contributed by atoms with E-state index in [1.54, 1.807) is 0 Å². The zero-order valence-electron chi connectivity index (χ0n) is 10.7. The monoisotopic (exact) mass is 239 g/mol. The van der Waals surface area contributed by atoms with Crippen molar-refractivity contribution in [3.05, 3.63) is 17.5 Å². The van der Waals surface area contributed by atoms with Gasteiger partial charge in [-0.25, -0.2) is 4.79 Å². The highest BCUT2D eigenvalue weighted by molar-refractivity contribution is 5.74. The molecule has 96 valence electrons. The summed E-state index contributed by atoms with van der Waals surface area (Å²) in [4.78, 5) is 11.5. The van der Waals surface area contributed by atoms with E-state index < -0.39 is 0 Å². The molecule has 17 heavy (non-hydrogen) atoms. The molecule has 0 aliphatic rings. The molecule has 0 fully saturated rings. The van der Waals surface area contributed by atoms with Crippen LogP contribution in [-0.2, 0) is 13.0 Å². The van der Waals surface area contributed by atoms with Gasteiger partial charge in [-0.15, -0.1) is 0 Å². The van der Waals surface area contributed by atoms with Crippen molar-refractivity contribution in [2.24, 2.45) is 0 Å². The van der Waals surface area contributed by atoms with Gasteiger partial charge in [0.15, 0.2) is 5.76 Å². The Kier molecular flexibility index (Phi) is 5.52. The second-order valence-corrected chi connectivity index (χ2v) is 4.15. The van der Waals surface area contributed by atoms with Gasteiger partial charge in [-0.1, -0.05) is 25.4 Å². The lowest BCUT2D eigenvalue weighted by Gasteiger charge is -2.12. The molecule has 1 atom stereocenters. The number of nitrogens with zero attached hydrogens (tertiary/aromatic N) is 1. The van der Waals surface area contributed by atoms with Gasteiger partial charge < -0.3 is 15.2 Å². The summed E-state index contributed by atoms with van der Waals surface area (Å²) in [7, 11) is 0. The van der Waals surface area contributed by atoms with E-state index in [4.69, 9.17) is 4.52 Å². The number of aromatic nitrogens is 1. The molecule has 0 aliphatic carbocycles. The fraction of sp³-hybridized carbons (Fsp3) is 0.667. The molecule has 0 radical (unpaired) electrons. The first-order chi connectivity index (χ1) is 8.15. The molecule has 0 aromatic carbocycles. The van der Waals surface area contributed by atoms with Gasteiger partial charge in [0, 0.05) is 12.1 Å². The minimum atomic E-state index is -0.166. The van der Waals surface area contributed by atoms with E-state index in [1.165, 1.54) is 0 Å². The number of carbonyl (C=O) groups excluding carboxylic acids is 1. The Morgan fingerprint density at radius 2 is 2.29 bits per heavy atom. The van der Waals surface area contributed by atoms with E-state index in [0.717, 1.165) is 25.0 Å². The Balaban J connectivity index is 2.27. The van der Waals surface area contributed by atoms with Crippen LogP contribution in [0.2, 0.25) is 0 Å². The summed E-state index contributed by atoms with van der Waals surface area (Å²) in [5.41, 5.74) is 0.904. The molecule has 1 aromatic rings. The van der Waals surface area contributed by atoms with Gasteiger partial charge in [0.2, 0.25) is 0 Å². The third-order valence-corrected chi connectivity index (χ3v) is 2.49. The van der Waals surface area contributed by atoms with Crippen LogP contribution in [0.1, 0.15) is 45.1 Å². The van der Waals surface area contributed by atoms with Gasteiger partial charge in [-0.05, 0) is 19.8 Å². The van der Waals surface area contributed by atoms with Gasteiger partial charge in [-0.2, -0.15) is 0 Å². The Morgan fingerprint density at radius 3 is 2.88 bits per heavy atom. The fourth-order valence-electron chi connectivity index (χ4n) is 1.55.